The number of rotatable bonds is 9. The quantitative estimate of drug-likeness (QED) is 0.245. The second kappa shape index (κ2) is 11.5. The summed E-state index contributed by atoms with van der Waals surface area (Å²) in [4.78, 5) is 12.6. The molecule has 0 N–H and O–H groups in total. The van der Waals surface area contributed by atoms with Gasteiger partial charge in [0.25, 0.3) is 5.97 Å². The lowest BCUT2D eigenvalue weighted by Gasteiger charge is -2.64. The molecule has 7 heteroatoms. The summed E-state index contributed by atoms with van der Waals surface area (Å²) in [6.07, 6.45) is 12.9. The number of hydrogen-bond acceptors (Lipinski definition) is 4. The largest absolute Gasteiger partial charge is 0.520 e. The van der Waals surface area contributed by atoms with E-state index in [1.807, 2.05) is 0 Å². The minimum absolute atomic E-state index is 0.0179. The van der Waals surface area contributed by atoms with Gasteiger partial charge in [-0.15, -0.1) is 0 Å². The maximum atomic E-state index is 12.6. The molecule has 4 nitrogen and oxygen atoms in total. The Labute approximate surface area is 250 Å². The molecule has 0 aromatic rings. The Balaban J connectivity index is 1.55. The van der Waals surface area contributed by atoms with Gasteiger partial charge in [0, 0.05) is 12.5 Å². The maximum Gasteiger partial charge on any atom is 0.292 e. The number of carbonyl (C=O) groups is 1. The van der Waals surface area contributed by atoms with E-state index in [-0.39, 0.29) is 11.4 Å². The van der Waals surface area contributed by atoms with Crippen molar-refractivity contribution >= 4 is 30.9 Å². The van der Waals surface area contributed by atoms with Crippen molar-refractivity contribution in [2.24, 2.45) is 46.3 Å². The predicted octanol–water partition coefficient (Wildman–Crippen LogP) is 9.49. The van der Waals surface area contributed by atoms with E-state index in [2.05, 4.69) is 79.7 Å². The minimum Gasteiger partial charge on any atom is -0.520 e. The van der Waals surface area contributed by atoms with E-state index in [0.29, 0.717) is 35.9 Å². The van der Waals surface area contributed by atoms with Crippen LogP contribution in [0.2, 0.25) is 58.9 Å². The Hall–Kier alpha value is 0.0406. The van der Waals surface area contributed by atoms with Crippen molar-refractivity contribution in [3.63, 3.8) is 0 Å². The monoisotopic (exact) mass is 608 g/mol. The van der Waals surface area contributed by atoms with E-state index in [4.69, 9.17) is 13.3 Å². The zero-order valence-corrected chi connectivity index (χ0v) is 31.3. The molecule has 0 aliphatic heterocycles. The predicted molar refractivity (Wildman–Crippen MR) is 175 cm³/mol. The van der Waals surface area contributed by atoms with Crippen molar-refractivity contribution in [1.82, 2.24) is 0 Å². The van der Waals surface area contributed by atoms with E-state index in [1.165, 1.54) is 51.4 Å². The topological polar surface area (TPSA) is 44.8 Å². The van der Waals surface area contributed by atoms with Gasteiger partial charge in [-0.2, -0.15) is 0 Å². The maximum absolute atomic E-state index is 12.6. The highest BCUT2D eigenvalue weighted by atomic mass is 28.4. The van der Waals surface area contributed by atoms with Crippen LogP contribution in [-0.2, 0) is 18.1 Å². The molecule has 7 unspecified atom stereocenters. The van der Waals surface area contributed by atoms with Gasteiger partial charge in [0.2, 0.25) is 8.32 Å². The summed E-state index contributed by atoms with van der Waals surface area (Å²) in [5.41, 5.74) is 0.639. The smallest absolute Gasteiger partial charge is 0.292 e. The molecule has 0 spiro atoms. The van der Waals surface area contributed by atoms with Gasteiger partial charge in [-0.05, 0) is 163 Å². The van der Waals surface area contributed by atoms with Crippen molar-refractivity contribution in [3.8, 4) is 0 Å². The molecule has 4 saturated carbocycles. The van der Waals surface area contributed by atoms with Crippen LogP contribution < -0.4 is 0 Å². The van der Waals surface area contributed by atoms with Gasteiger partial charge in [0.05, 0.1) is 6.10 Å². The molecule has 10 atom stereocenters. The minimum atomic E-state index is -1.83. The number of hydrogen-bond donors (Lipinski definition) is 0. The second-order valence-electron chi connectivity index (χ2n) is 17.9. The van der Waals surface area contributed by atoms with Gasteiger partial charge in [-0.25, -0.2) is 0 Å². The fourth-order valence-corrected chi connectivity index (χ4v) is 13.5. The van der Waals surface area contributed by atoms with Crippen LogP contribution in [0, 0.1) is 46.3 Å². The third kappa shape index (κ3) is 7.05. The first kappa shape index (κ1) is 32.9. The van der Waals surface area contributed by atoms with Crippen molar-refractivity contribution in [1.29, 1.82) is 0 Å². The van der Waals surface area contributed by atoms with Crippen molar-refractivity contribution in [3.05, 3.63) is 0 Å². The zero-order valence-electron chi connectivity index (χ0n) is 28.3. The van der Waals surface area contributed by atoms with Crippen LogP contribution in [-0.4, -0.2) is 43.1 Å². The van der Waals surface area contributed by atoms with Gasteiger partial charge in [-0.1, -0.05) is 20.8 Å². The molecule has 4 fully saturated rings. The third-order valence-corrected chi connectivity index (χ3v) is 14.6. The number of fused-ring (bicyclic) bond motifs is 5. The van der Waals surface area contributed by atoms with Gasteiger partial charge in [0.15, 0.2) is 16.6 Å². The van der Waals surface area contributed by atoms with Crippen LogP contribution >= 0.6 is 0 Å². The van der Waals surface area contributed by atoms with E-state index in [0.717, 1.165) is 30.1 Å². The highest BCUT2D eigenvalue weighted by Gasteiger charge is 2.64. The molecule has 0 amide bonds. The highest BCUT2D eigenvalue weighted by molar-refractivity contribution is 6.71. The van der Waals surface area contributed by atoms with Crippen LogP contribution in [0.15, 0.2) is 0 Å². The summed E-state index contributed by atoms with van der Waals surface area (Å²) < 4.78 is 19.7. The van der Waals surface area contributed by atoms with Crippen LogP contribution in [0.3, 0.4) is 0 Å². The fourth-order valence-electron chi connectivity index (χ4n) is 10.3. The first-order valence-corrected chi connectivity index (χ1v) is 27.0. The van der Waals surface area contributed by atoms with Crippen molar-refractivity contribution in [2.75, 3.05) is 0 Å². The molecular formula is C33H64O4Si3. The Morgan fingerprint density at radius 1 is 0.800 bits per heavy atom. The molecular weight excluding hydrogens is 545 g/mol. The first-order valence-electron chi connectivity index (χ1n) is 16.8. The number of carbonyl (C=O) groups excluding carboxylic acids is 1. The van der Waals surface area contributed by atoms with Crippen LogP contribution in [0.1, 0.15) is 85.0 Å². The Bertz CT molecular complexity index is 905. The molecule has 4 rings (SSSR count). The van der Waals surface area contributed by atoms with E-state index in [9.17, 15) is 4.79 Å². The lowest BCUT2D eigenvalue weighted by molar-refractivity contribution is -0.169. The van der Waals surface area contributed by atoms with Crippen LogP contribution in [0.5, 0.6) is 0 Å². The average molecular weight is 609 g/mol. The molecule has 40 heavy (non-hydrogen) atoms. The van der Waals surface area contributed by atoms with E-state index < -0.39 is 25.0 Å². The SMILES string of the molecule is CC(CCC(=O)O[Si](C)(C)C)C1CCC2C3CC[C@H]4C[C@H](O[Si](C)(C)C)CCC4(C)C3C[C@H](O[Si](C)(C)C)C12C. The van der Waals surface area contributed by atoms with Gasteiger partial charge in [0.1, 0.15) is 0 Å². The van der Waals surface area contributed by atoms with Gasteiger partial charge < -0.3 is 13.3 Å². The molecule has 0 heterocycles. The van der Waals surface area contributed by atoms with Crippen LogP contribution in [0.25, 0.3) is 0 Å². The summed E-state index contributed by atoms with van der Waals surface area (Å²) in [5.74, 6) is 4.33. The first-order chi connectivity index (χ1) is 18.2. The molecule has 0 aromatic heterocycles. The molecule has 0 saturated heterocycles. The average Bonchev–Trinajstić information content (AvgIpc) is 3.14. The summed E-state index contributed by atoms with van der Waals surface area (Å²) >= 11 is 0. The molecule has 232 valence electrons. The van der Waals surface area contributed by atoms with E-state index >= 15 is 0 Å². The Kier molecular flexibility index (Phi) is 9.48. The third-order valence-electron chi connectivity index (χ3n) is 11.7. The molecule has 0 radical (unpaired) electrons. The summed E-state index contributed by atoms with van der Waals surface area (Å²) in [6, 6.07) is 0. The molecule has 0 aromatic carbocycles. The standard InChI is InChI=1S/C33H64O4Si3/c1-23(13-18-31(34)37-40(10,11)12)27-16-17-28-26-15-14-24-21-25(35-38(4,5)6)19-20-32(24,2)29(26)22-30(33(27,28)3)36-39(7,8)9/h23-30H,13-22H2,1-12H3/t23?,24-,25+,26?,27?,28?,29?,30-,32?,33?/m0/s1. The van der Waals surface area contributed by atoms with Crippen LogP contribution in [0.4, 0.5) is 0 Å². The van der Waals surface area contributed by atoms with Crippen molar-refractivity contribution < 1.29 is 18.1 Å². The van der Waals surface area contributed by atoms with Gasteiger partial charge >= 0.3 is 0 Å². The lowest BCUT2D eigenvalue weighted by Crippen LogP contribution is -2.60. The molecule has 4 aliphatic carbocycles. The van der Waals surface area contributed by atoms with Gasteiger partial charge in [-0.3, -0.25) is 4.79 Å². The summed E-state index contributed by atoms with van der Waals surface area (Å²) in [7, 11) is -5.07. The lowest BCUT2D eigenvalue weighted by atomic mass is 9.43. The van der Waals surface area contributed by atoms with Crippen molar-refractivity contribution in [2.45, 2.75) is 156 Å². The zero-order chi connectivity index (χ0) is 29.9. The summed E-state index contributed by atoms with van der Waals surface area (Å²) in [5, 5.41) is 0. The molecule has 4 aliphatic rings. The Morgan fingerprint density at radius 2 is 1.45 bits per heavy atom. The second-order valence-corrected chi connectivity index (χ2v) is 31.2. The molecule has 0 bridgehead atoms. The highest BCUT2D eigenvalue weighted by Crippen LogP contribution is 2.69. The normalized spacial score (nSPS) is 41.0. The van der Waals surface area contributed by atoms with E-state index in [1.54, 1.807) is 0 Å². The Morgan fingerprint density at radius 3 is 2.05 bits per heavy atom. The fraction of sp³-hybridized carbons (Fsp3) is 0.970. The summed E-state index contributed by atoms with van der Waals surface area (Å²) in [6.45, 7) is 28.3.